The van der Waals surface area contributed by atoms with Crippen LogP contribution >= 0.6 is 0 Å². The van der Waals surface area contributed by atoms with Gasteiger partial charge in [-0.1, -0.05) is 133 Å². The highest BCUT2D eigenvalue weighted by Crippen LogP contribution is 2.51. The summed E-state index contributed by atoms with van der Waals surface area (Å²) in [6.45, 7) is 0. The average Bonchev–Trinajstić information content (AvgIpc) is 3.17. The number of hydrogen-bond donors (Lipinski definition) is 0. The van der Waals surface area contributed by atoms with Crippen LogP contribution in [-0.4, -0.2) is 0 Å². The Hall–Kier alpha value is -6.44. The molecule has 9 aromatic carbocycles. The van der Waals surface area contributed by atoms with E-state index in [2.05, 4.69) is 193 Å². The summed E-state index contributed by atoms with van der Waals surface area (Å²) in [6.07, 6.45) is 0. The van der Waals surface area contributed by atoms with E-state index in [0.717, 1.165) is 11.4 Å². The molecule has 0 aromatic heterocycles. The van der Waals surface area contributed by atoms with Crippen LogP contribution in [0.2, 0.25) is 0 Å². The Labute approximate surface area is 286 Å². The molecule has 0 saturated carbocycles. The Morgan fingerprint density at radius 1 is 0.265 bits per heavy atom. The Balaban J connectivity index is 1.13. The van der Waals surface area contributed by atoms with Crippen LogP contribution in [0.5, 0.6) is 0 Å². The van der Waals surface area contributed by atoms with Gasteiger partial charge in [0.15, 0.2) is 0 Å². The molecular weight excluding hydrogens is 591 g/mol. The minimum absolute atomic E-state index is 1.13. The van der Waals surface area contributed by atoms with Gasteiger partial charge in [-0.25, -0.2) is 0 Å². The van der Waals surface area contributed by atoms with Crippen molar-refractivity contribution in [3.8, 4) is 44.5 Å². The van der Waals surface area contributed by atoms with Gasteiger partial charge in [0.2, 0.25) is 0 Å². The molecule has 0 heterocycles. The van der Waals surface area contributed by atoms with Gasteiger partial charge in [0.05, 0.1) is 5.69 Å². The maximum absolute atomic E-state index is 2.44. The SMILES string of the molecule is c1ccc(-c2ccc3cc4c(cc3c2)-c2cc3ccc(N(c5ccccc5)c5c(-c6ccccc6)ccc6ccccc56)cc3cc2-4)cc1. The highest BCUT2D eigenvalue weighted by molar-refractivity contribution is 6.13. The summed E-state index contributed by atoms with van der Waals surface area (Å²) < 4.78 is 0. The zero-order chi connectivity index (χ0) is 32.3. The second-order valence-corrected chi connectivity index (χ2v) is 13.0. The number of nitrogens with zero attached hydrogens (tertiary/aromatic N) is 1. The van der Waals surface area contributed by atoms with Gasteiger partial charge in [0, 0.05) is 22.3 Å². The maximum atomic E-state index is 2.44. The molecule has 0 radical (unpaired) electrons. The van der Waals surface area contributed by atoms with E-state index in [0.29, 0.717) is 0 Å². The van der Waals surface area contributed by atoms with Gasteiger partial charge in [0.25, 0.3) is 0 Å². The van der Waals surface area contributed by atoms with E-state index in [1.54, 1.807) is 0 Å². The van der Waals surface area contributed by atoms with Crippen molar-refractivity contribution in [3.05, 3.63) is 188 Å². The van der Waals surface area contributed by atoms with Crippen LogP contribution in [0.4, 0.5) is 17.1 Å². The Bertz CT molecular complexity index is 2690. The molecule has 10 rings (SSSR count). The number of para-hydroxylation sites is 1. The molecule has 0 spiro atoms. The van der Waals surface area contributed by atoms with E-state index in [-0.39, 0.29) is 0 Å². The van der Waals surface area contributed by atoms with Crippen molar-refractivity contribution in [3.63, 3.8) is 0 Å². The lowest BCUT2D eigenvalue weighted by Crippen LogP contribution is -2.12. The van der Waals surface area contributed by atoms with Crippen molar-refractivity contribution in [2.45, 2.75) is 0 Å². The minimum Gasteiger partial charge on any atom is -0.309 e. The molecule has 1 nitrogen and oxygen atoms in total. The van der Waals surface area contributed by atoms with Crippen molar-refractivity contribution in [1.82, 2.24) is 0 Å². The molecule has 0 fully saturated rings. The maximum Gasteiger partial charge on any atom is 0.0618 e. The van der Waals surface area contributed by atoms with Gasteiger partial charge in [-0.2, -0.15) is 0 Å². The first-order chi connectivity index (χ1) is 24.3. The van der Waals surface area contributed by atoms with Gasteiger partial charge in [-0.05, 0) is 120 Å². The number of fused-ring (bicyclic) bond motifs is 7. The number of rotatable bonds is 5. The first-order valence-corrected chi connectivity index (χ1v) is 16.9. The van der Waals surface area contributed by atoms with Gasteiger partial charge in [-0.3, -0.25) is 0 Å². The molecule has 0 bridgehead atoms. The molecule has 1 heteroatoms. The summed E-state index contributed by atoms with van der Waals surface area (Å²) in [5, 5.41) is 7.49. The predicted octanol–water partition coefficient (Wildman–Crippen LogP) is 13.6. The standard InChI is InChI=1S/C48H31N/c1-4-12-32(13-5-1)35-20-21-36-28-44-46(30-38(36)26-35)45-29-37-22-24-41(27-39(37)31-47(44)45)49(40-17-8-3-9-18-40)48-42-19-11-10-16-34(42)23-25-43(48)33-14-6-2-7-15-33/h1-31H. The van der Waals surface area contributed by atoms with Crippen LogP contribution in [0, 0.1) is 0 Å². The fraction of sp³-hybridized carbons (Fsp3) is 0. The molecular formula is C48H31N. The third kappa shape index (κ3) is 4.55. The average molecular weight is 622 g/mol. The van der Waals surface area contributed by atoms with E-state index in [4.69, 9.17) is 0 Å². The second-order valence-electron chi connectivity index (χ2n) is 13.0. The first-order valence-electron chi connectivity index (χ1n) is 16.9. The summed E-state index contributed by atoms with van der Waals surface area (Å²) in [5.74, 6) is 0. The monoisotopic (exact) mass is 621 g/mol. The largest absolute Gasteiger partial charge is 0.309 e. The van der Waals surface area contributed by atoms with Crippen molar-refractivity contribution < 1.29 is 0 Å². The molecule has 0 aliphatic heterocycles. The Kier molecular flexibility index (Phi) is 6.25. The van der Waals surface area contributed by atoms with Crippen molar-refractivity contribution >= 4 is 49.4 Å². The summed E-state index contributed by atoms with van der Waals surface area (Å²) in [4.78, 5) is 2.44. The van der Waals surface area contributed by atoms with Crippen LogP contribution in [0.3, 0.4) is 0 Å². The summed E-state index contributed by atoms with van der Waals surface area (Å²) >= 11 is 0. The molecule has 228 valence electrons. The second kappa shape index (κ2) is 11.1. The fourth-order valence-electron chi connectivity index (χ4n) is 7.69. The van der Waals surface area contributed by atoms with Gasteiger partial charge in [0.1, 0.15) is 0 Å². The van der Waals surface area contributed by atoms with Crippen LogP contribution in [-0.2, 0) is 0 Å². The highest BCUT2D eigenvalue weighted by Gasteiger charge is 2.25. The van der Waals surface area contributed by atoms with E-state index in [1.807, 2.05) is 0 Å². The predicted molar refractivity (Wildman–Crippen MR) is 209 cm³/mol. The van der Waals surface area contributed by atoms with Crippen LogP contribution in [0.25, 0.3) is 76.8 Å². The van der Waals surface area contributed by atoms with E-state index in [9.17, 15) is 0 Å². The molecule has 0 unspecified atom stereocenters. The quantitative estimate of drug-likeness (QED) is 0.185. The smallest absolute Gasteiger partial charge is 0.0618 e. The topological polar surface area (TPSA) is 3.24 Å². The van der Waals surface area contributed by atoms with Crippen molar-refractivity contribution in [2.75, 3.05) is 4.90 Å². The third-order valence-corrected chi connectivity index (χ3v) is 10.1. The number of anilines is 3. The number of hydrogen-bond acceptors (Lipinski definition) is 1. The molecule has 1 aliphatic carbocycles. The van der Waals surface area contributed by atoms with Crippen molar-refractivity contribution in [2.24, 2.45) is 0 Å². The Morgan fingerprint density at radius 2 is 0.796 bits per heavy atom. The van der Waals surface area contributed by atoms with Crippen molar-refractivity contribution in [1.29, 1.82) is 0 Å². The first kappa shape index (κ1) is 27.7. The van der Waals surface area contributed by atoms with E-state index < -0.39 is 0 Å². The molecule has 0 amide bonds. The molecule has 9 aromatic rings. The Morgan fingerprint density at radius 3 is 1.49 bits per heavy atom. The summed E-state index contributed by atoms with van der Waals surface area (Å²) in [5.41, 5.74) is 13.7. The van der Waals surface area contributed by atoms with E-state index in [1.165, 1.54) is 82.5 Å². The fourth-order valence-corrected chi connectivity index (χ4v) is 7.69. The summed E-state index contributed by atoms with van der Waals surface area (Å²) in [6, 6.07) is 68.7. The lowest BCUT2D eigenvalue weighted by Gasteiger charge is -2.30. The van der Waals surface area contributed by atoms with Crippen LogP contribution in [0.1, 0.15) is 0 Å². The molecule has 0 saturated heterocycles. The lowest BCUT2D eigenvalue weighted by molar-refractivity contribution is 1.30. The molecule has 1 aliphatic rings. The van der Waals surface area contributed by atoms with Gasteiger partial charge >= 0.3 is 0 Å². The highest BCUT2D eigenvalue weighted by atomic mass is 15.1. The minimum atomic E-state index is 1.13. The third-order valence-electron chi connectivity index (χ3n) is 10.1. The lowest BCUT2D eigenvalue weighted by atomic mass is 9.77. The number of benzene rings is 9. The molecule has 0 N–H and O–H groups in total. The summed E-state index contributed by atoms with van der Waals surface area (Å²) in [7, 11) is 0. The molecule has 49 heavy (non-hydrogen) atoms. The molecule has 0 atom stereocenters. The zero-order valence-corrected chi connectivity index (χ0v) is 26.8. The van der Waals surface area contributed by atoms with E-state index >= 15 is 0 Å². The van der Waals surface area contributed by atoms with Crippen LogP contribution < -0.4 is 4.90 Å². The van der Waals surface area contributed by atoms with Gasteiger partial charge in [-0.15, -0.1) is 0 Å². The zero-order valence-electron chi connectivity index (χ0n) is 26.8. The van der Waals surface area contributed by atoms with Gasteiger partial charge < -0.3 is 4.90 Å². The van der Waals surface area contributed by atoms with Crippen LogP contribution in [0.15, 0.2) is 188 Å². The normalized spacial score (nSPS) is 11.7.